The number of carbonyl (C=O) groups is 1. The second-order valence-corrected chi connectivity index (χ2v) is 6.47. The smallest absolute Gasteiger partial charge is 0.342 e. The van der Waals surface area contributed by atoms with Gasteiger partial charge in [0.2, 0.25) is 0 Å². The lowest BCUT2D eigenvalue weighted by Gasteiger charge is -2.16. The fraction of sp³-hybridized carbons (Fsp3) is 0.550. The van der Waals surface area contributed by atoms with E-state index < -0.39 is 5.97 Å². The summed E-state index contributed by atoms with van der Waals surface area (Å²) >= 11 is 0. The third-order valence-electron chi connectivity index (χ3n) is 4.70. The molecule has 0 saturated heterocycles. The van der Waals surface area contributed by atoms with Gasteiger partial charge in [0.15, 0.2) is 0 Å². The summed E-state index contributed by atoms with van der Waals surface area (Å²) in [7, 11) is 1.58. The van der Waals surface area contributed by atoms with Crippen LogP contribution in [-0.2, 0) is 22.5 Å². The van der Waals surface area contributed by atoms with Crippen LogP contribution >= 0.6 is 0 Å². The van der Waals surface area contributed by atoms with Crippen molar-refractivity contribution in [3.05, 3.63) is 33.9 Å². The Bertz CT molecular complexity index is 675. The molecule has 1 aliphatic heterocycles. The third kappa shape index (κ3) is 4.15. The normalized spacial score (nSPS) is 15.1. The van der Waals surface area contributed by atoms with E-state index in [9.17, 15) is 9.90 Å². The molecule has 1 atom stereocenters. The molecule has 1 aromatic rings. The van der Waals surface area contributed by atoms with E-state index in [4.69, 9.17) is 14.2 Å². The maximum atomic E-state index is 11.9. The minimum absolute atomic E-state index is 0.0216. The molecule has 0 amide bonds. The number of ether oxygens (including phenoxy) is 3. The third-order valence-corrected chi connectivity index (χ3v) is 4.70. The molecule has 0 radical (unpaired) electrons. The maximum absolute atomic E-state index is 11.9. The van der Waals surface area contributed by atoms with E-state index in [0.29, 0.717) is 23.3 Å². The molecule has 5 nitrogen and oxygen atoms in total. The number of cyclic esters (lactones) is 1. The second kappa shape index (κ2) is 8.39. The summed E-state index contributed by atoms with van der Waals surface area (Å²) < 4.78 is 16.1. The van der Waals surface area contributed by atoms with Gasteiger partial charge in [-0.3, -0.25) is 0 Å². The Kier molecular flexibility index (Phi) is 6.48. The van der Waals surface area contributed by atoms with Gasteiger partial charge in [0.1, 0.15) is 23.7 Å². The molecule has 0 saturated carbocycles. The number of hydrogen-bond acceptors (Lipinski definition) is 5. The van der Waals surface area contributed by atoms with Crippen molar-refractivity contribution in [2.75, 3.05) is 13.7 Å². The van der Waals surface area contributed by atoms with Gasteiger partial charge in [-0.25, -0.2) is 4.79 Å². The monoisotopic (exact) mass is 348 g/mol. The molecule has 0 aromatic heterocycles. The number of phenols is 1. The summed E-state index contributed by atoms with van der Waals surface area (Å²) in [5, 5.41) is 10.6. The summed E-state index contributed by atoms with van der Waals surface area (Å²) in [6, 6.07) is 0. The zero-order chi connectivity index (χ0) is 18.6. The Morgan fingerprint density at radius 1 is 1.44 bits per heavy atom. The highest BCUT2D eigenvalue weighted by Crippen LogP contribution is 2.42. The number of carbonyl (C=O) groups excluding carboxylic acids is 1. The van der Waals surface area contributed by atoms with Crippen molar-refractivity contribution in [2.24, 2.45) is 0 Å². The molecule has 25 heavy (non-hydrogen) atoms. The molecular formula is C20H28O5. The zero-order valence-corrected chi connectivity index (χ0v) is 15.8. The first kappa shape index (κ1) is 19.3. The predicted molar refractivity (Wildman–Crippen MR) is 96.3 cm³/mol. The molecule has 0 spiro atoms. The number of allylic oxidation sites excluding steroid dienone is 2. The van der Waals surface area contributed by atoms with Crippen molar-refractivity contribution in [1.82, 2.24) is 0 Å². The molecule has 2 rings (SSSR count). The van der Waals surface area contributed by atoms with Crippen molar-refractivity contribution < 1.29 is 24.1 Å². The quantitative estimate of drug-likeness (QED) is 0.566. The van der Waals surface area contributed by atoms with E-state index in [0.717, 1.165) is 25.0 Å². The van der Waals surface area contributed by atoms with Crippen LogP contribution in [0.3, 0.4) is 0 Å². The number of methoxy groups -OCH3 is 1. The van der Waals surface area contributed by atoms with Crippen LogP contribution in [0.4, 0.5) is 0 Å². The predicted octanol–water partition coefficient (Wildman–Crippen LogP) is 4.07. The fourth-order valence-corrected chi connectivity index (χ4v) is 3.21. The Hall–Kier alpha value is -2.01. The zero-order valence-electron chi connectivity index (χ0n) is 15.8. The first-order valence-electron chi connectivity index (χ1n) is 8.76. The number of benzene rings is 1. The minimum Gasteiger partial charge on any atom is -0.507 e. The number of hydrogen-bond donors (Lipinski definition) is 1. The van der Waals surface area contributed by atoms with Gasteiger partial charge in [-0.2, -0.15) is 0 Å². The Balaban J connectivity index is 2.22. The molecule has 1 unspecified atom stereocenters. The molecule has 138 valence electrons. The van der Waals surface area contributed by atoms with E-state index in [2.05, 4.69) is 19.9 Å². The van der Waals surface area contributed by atoms with Crippen LogP contribution in [0.2, 0.25) is 0 Å². The first-order chi connectivity index (χ1) is 11.9. The van der Waals surface area contributed by atoms with Gasteiger partial charge < -0.3 is 19.3 Å². The summed E-state index contributed by atoms with van der Waals surface area (Å²) in [6.45, 7) is 8.93. The highest BCUT2D eigenvalue weighted by Gasteiger charge is 2.31. The molecule has 0 fully saturated rings. The summed E-state index contributed by atoms with van der Waals surface area (Å²) in [5.74, 6) is 0.138. The van der Waals surface area contributed by atoms with Crippen molar-refractivity contribution in [2.45, 2.75) is 59.7 Å². The van der Waals surface area contributed by atoms with E-state index in [-0.39, 0.29) is 24.0 Å². The SMILES string of the molecule is CCOC(C)CC/C(C)=C/Cc1c(O)c2c(c(C)c1OC)COC2=O. The van der Waals surface area contributed by atoms with Crippen molar-refractivity contribution >= 4 is 5.97 Å². The molecule has 1 heterocycles. The molecule has 1 aliphatic rings. The van der Waals surface area contributed by atoms with Gasteiger partial charge >= 0.3 is 5.97 Å². The number of phenolic OH excluding ortho intramolecular Hbond substituents is 1. The number of rotatable bonds is 8. The Labute approximate surface area is 149 Å². The van der Waals surface area contributed by atoms with Gasteiger partial charge in [0, 0.05) is 17.7 Å². The molecular weight excluding hydrogens is 320 g/mol. The van der Waals surface area contributed by atoms with Crippen molar-refractivity contribution in [1.29, 1.82) is 0 Å². The summed E-state index contributed by atoms with van der Waals surface area (Å²) in [5.41, 5.74) is 3.70. The summed E-state index contributed by atoms with van der Waals surface area (Å²) in [4.78, 5) is 11.9. The van der Waals surface area contributed by atoms with E-state index in [1.54, 1.807) is 7.11 Å². The molecule has 0 aliphatic carbocycles. The number of fused-ring (bicyclic) bond motifs is 1. The lowest BCUT2D eigenvalue weighted by Crippen LogP contribution is -2.07. The average molecular weight is 348 g/mol. The van der Waals surface area contributed by atoms with Crippen LogP contribution in [0.5, 0.6) is 11.5 Å². The molecule has 5 heteroatoms. The fourth-order valence-electron chi connectivity index (χ4n) is 3.21. The van der Waals surface area contributed by atoms with Gasteiger partial charge in [0.05, 0.1) is 13.2 Å². The van der Waals surface area contributed by atoms with E-state index >= 15 is 0 Å². The molecule has 0 bridgehead atoms. The number of aromatic hydroxyl groups is 1. The topological polar surface area (TPSA) is 65.0 Å². The maximum Gasteiger partial charge on any atom is 0.342 e. The Morgan fingerprint density at radius 3 is 2.80 bits per heavy atom. The van der Waals surface area contributed by atoms with Crippen LogP contribution in [0.25, 0.3) is 0 Å². The van der Waals surface area contributed by atoms with Gasteiger partial charge in [0.25, 0.3) is 0 Å². The highest BCUT2D eigenvalue weighted by atomic mass is 16.5. The first-order valence-corrected chi connectivity index (χ1v) is 8.76. The van der Waals surface area contributed by atoms with Crippen LogP contribution in [0.15, 0.2) is 11.6 Å². The van der Waals surface area contributed by atoms with Crippen molar-refractivity contribution in [3.8, 4) is 11.5 Å². The molecule has 1 aromatic carbocycles. The summed E-state index contributed by atoms with van der Waals surface area (Å²) in [6.07, 6.45) is 4.69. The van der Waals surface area contributed by atoms with Gasteiger partial charge in [-0.15, -0.1) is 0 Å². The lowest BCUT2D eigenvalue weighted by atomic mass is 9.94. The largest absolute Gasteiger partial charge is 0.507 e. The van der Waals surface area contributed by atoms with Crippen LogP contribution in [-0.4, -0.2) is 30.9 Å². The van der Waals surface area contributed by atoms with Crippen LogP contribution in [0, 0.1) is 6.92 Å². The average Bonchev–Trinajstić information content (AvgIpc) is 2.97. The lowest BCUT2D eigenvalue weighted by molar-refractivity contribution is 0.0532. The molecule has 1 N–H and O–H groups in total. The van der Waals surface area contributed by atoms with Crippen LogP contribution < -0.4 is 4.74 Å². The van der Waals surface area contributed by atoms with Crippen molar-refractivity contribution in [3.63, 3.8) is 0 Å². The van der Waals surface area contributed by atoms with Gasteiger partial charge in [-0.1, -0.05) is 11.6 Å². The van der Waals surface area contributed by atoms with Crippen LogP contribution in [0.1, 0.15) is 60.7 Å². The van der Waals surface area contributed by atoms with E-state index in [1.807, 2.05) is 13.8 Å². The van der Waals surface area contributed by atoms with Gasteiger partial charge in [-0.05, 0) is 52.5 Å². The number of esters is 1. The standard InChI is InChI=1S/C20H28O5/c1-6-24-13(3)9-7-12(2)8-10-15-18(21)17-16(11-25-20(17)22)14(4)19(15)23-5/h8,13,21H,6-7,9-11H2,1-5H3/b12-8+. The highest BCUT2D eigenvalue weighted by molar-refractivity contribution is 5.98. The Morgan fingerprint density at radius 2 is 2.16 bits per heavy atom. The minimum atomic E-state index is -0.467. The second-order valence-electron chi connectivity index (χ2n) is 6.47. The van der Waals surface area contributed by atoms with E-state index in [1.165, 1.54) is 5.57 Å².